The van der Waals surface area contributed by atoms with Crippen molar-refractivity contribution in [2.75, 3.05) is 5.32 Å². The first kappa shape index (κ1) is 13.7. The molecule has 2 aromatic carbocycles. The number of rotatable bonds is 3. The van der Waals surface area contributed by atoms with E-state index in [9.17, 15) is 4.79 Å². The molecule has 104 valence electrons. The van der Waals surface area contributed by atoms with Crippen LogP contribution in [0.3, 0.4) is 0 Å². The van der Waals surface area contributed by atoms with E-state index in [0.717, 1.165) is 14.6 Å². The quantitative estimate of drug-likeness (QED) is 0.667. The molecule has 1 aromatic heterocycles. The van der Waals surface area contributed by atoms with Crippen LogP contribution in [0.1, 0.15) is 10.6 Å². The van der Waals surface area contributed by atoms with Crippen LogP contribution >= 0.6 is 22.6 Å². The number of hydrogen-bond donors (Lipinski definition) is 2. The number of aromatic carboxylic acids is 1. The second kappa shape index (κ2) is 5.65. The average Bonchev–Trinajstić information content (AvgIpc) is 2.47. The van der Waals surface area contributed by atoms with Crippen LogP contribution < -0.4 is 5.32 Å². The predicted octanol–water partition coefficient (Wildman–Crippen LogP) is 3.68. The van der Waals surface area contributed by atoms with Crippen molar-refractivity contribution in [2.45, 2.75) is 0 Å². The third-order valence-corrected chi connectivity index (χ3v) is 3.55. The van der Waals surface area contributed by atoms with Crippen LogP contribution in [0.2, 0.25) is 0 Å². The van der Waals surface area contributed by atoms with E-state index in [2.05, 4.69) is 37.9 Å². The summed E-state index contributed by atoms with van der Waals surface area (Å²) in [6.07, 6.45) is 0. The normalized spacial score (nSPS) is 10.5. The third-order valence-electron chi connectivity index (χ3n) is 2.88. The Morgan fingerprint density at radius 3 is 2.67 bits per heavy atom. The lowest BCUT2D eigenvalue weighted by molar-refractivity contribution is 0.0684. The molecule has 0 unspecified atom stereocenters. The minimum atomic E-state index is -1.15. The molecule has 0 aliphatic heterocycles. The minimum absolute atomic E-state index is 0.221. The Morgan fingerprint density at radius 1 is 1.10 bits per heavy atom. The number of carbonyl (C=O) groups is 1. The van der Waals surface area contributed by atoms with Gasteiger partial charge in [-0.2, -0.15) is 0 Å². The van der Waals surface area contributed by atoms with Crippen LogP contribution in [0.4, 0.5) is 11.5 Å². The zero-order chi connectivity index (χ0) is 14.8. The van der Waals surface area contributed by atoms with Gasteiger partial charge in [-0.3, -0.25) is 0 Å². The Kier molecular flexibility index (Phi) is 3.70. The molecule has 0 aliphatic rings. The molecule has 0 spiro atoms. The zero-order valence-electron chi connectivity index (χ0n) is 10.7. The van der Waals surface area contributed by atoms with Gasteiger partial charge in [0.1, 0.15) is 5.82 Å². The fourth-order valence-electron chi connectivity index (χ4n) is 1.97. The van der Waals surface area contributed by atoms with Crippen molar-refractivity contribution >= 4 is 51.0 Å². The Bertz CT molecular complexity index is 836. The molecule has 0 bridgehead atoms. The summed E-state index contributed by atoms with van der Waals surface area (Å²) in [5.74, 6) is -0.881. The standard InChI is InChI=1S/C15H10IN3O2/c16-9-4-3-5-10(8-9)17-13-11-6-1-2-7-12(11)18-14(19-13)15(20)21/h1-8H,(H,20,21)(H,17,18,19). The molecule has 0 amide bonds. The highest BCUT2D eigenvalue weighted by atomic mass is 127. The molecule has 6 heteroatoms. The highest BCUT2D eigenvalue weighted by Gasteiger charge is 2.12. The van der Waals surface area contributed by atoms with Gasteiger partial charge in [-0.25, -0.2) is 14.8 Å². The number of halogens is 1. The Labute approximate surface area is 134 Å². The van der Waals surface area contributed by atoms with Gasteiger partial charge in [-0.05, 0) is 52.9 Å². The summed E-state index contributed by atoms with van der Waals surface area (Å²) in [7, 11) is 0. The molecular formula is C15H10IN3O2. The number of nitrogens with zero attached hydrogens (tertiary/aromatic N) is 2. The van der Waals surface area contributed by atoms with E-state index < -0.39 is 5.97 Å². The van der Waals surface area contributed by atoms with E-state index in [-0.39, 0.29) is 5.82 Å². The first-order chi connectivity index (χ1) is 10.1. The monoisotopic (exact) mass is 391 g/mol. The fraction of sp³-hybridized carbons (Fsp3) is 0. The molecule has 1 heterocycles. The van der Waals surface area contributed by atoms with Gasteiger partial charge in [0, 0.05) is 14.6 Å². The Morgan fingerprint density at radius 2 is 1.90 bits per heavy atom. The van der Waals surface area contributed by atoms with Crippen LogP contribution in [-0.2, 0) is 0 Å². The lowest BCUT2D eigenvalue weighted by Gasteiger charge is -2.09. The van der Waals surface area contributed by atoms with Gasteiger partial charge in [0.25, 0.3) is 0 Å². The molecule has 0 atom stereocenters. The second-order valence-electron chi connectivity index (χ2n) is 4.35. The van der Waals surface area contributed by atoms with Crippen LogP contribution in [0.25, 0.3) is 10.9 Å². The van der Waals surface area contributed by atoms with Crippen molar-refractivity contribution in [1.82, 2.24) is 9.97 Å². The molecule has 0 saturated carbocycles. The Balaban J connectivity index is 2.13. The maximum Gasteiger partial charge on any atom is 0.374 e. The number of fused-ring (bicyclic) bond motifs is 1. The summed E-state index contributed by atoms with van der Waals surface area (Å²) in [5, 5.41) is 13.1. The number of hydrogen-bond acceptors (Lipinski definition) is 4. The average molecular weight is 391 g/mol. The van der Waals surface area contributed by atoms with Crippen LogP contribution in [0, 0.1) is 3.57 Å². The van der Waals surface area contributed by atoms with Crippen LogP contribution in [0.15, 0.2) is 48.5 Å². The second-order valence-corrected chi connectivity index (χ2v) is 5.60. The van der Waals surface area contributed by atoms with Gasteiger partial charge in [-0.1, -0.05) is 18.2 Å². The number of aromatic nitrogens is 2. The number of carboxylic acid groups (broad SMARTS) is 1. The molecular weight excluding hydrogens is 381 g/mol. The largest absolute Gasteiger partial charge is 0.475 e. The Hall–Kier alpha value is -2.22. The van der Waals surface area contributed by atoms with E-state index in [0.29, 0.717) is 11.3 Å². The minimum Gasteiger partial charge on any atom is -0.475 e. The smallest absolute Gasteiger partial charge is 0.374 e. The van der Waals surface area contributed by atoms with Gasteiger partial charge >= 0.3 is 5.97 Å². The number of anilines is 2. The maximum atomic E-state index is 11.1. The summed E-state index contributed by atoms with van der Waals surface area (Å²) in [5.41, 5.74) is 1.44. The van der Waals surface area contributed by atoms with Crippen molar-refractivity contribution in [3.8, 4) is 0 Å². The van der Waals surface area contributed by atoms with Crippen LogP contribution in [-0.4, -0.2) is 21.0 Å². The van der Waals surface area contributed by atoms with E-state index in [1.54, 1.807) is 6.07 Å². The summed E-state index contributed by atoms with van der Waals surface area (Å²) in [6.45, 7) is 0. The lowest BCUT2D eigenvalue weighted by Crippen LogP contribution is -2.07. The summed E-state index contributed by atoms with van der Waals surface area (Å²) in [6, 6.07) is 15.1. The van der Waals surface area contributed by atoms with E-state index in [4.69, 9.17) is 5.11 Å². The molecule has 21 heavy (non-hydrogen) atoms. The summed E-state index contributed by atoms with van der Waals surface area (Å²) in [4.78, 5) is 19.3. The predicted molar refractivity (Wildman–Crippen MR) is 88.9 cm³/mol. The number of carboxylic acids is 1. The van der Waals surface area contributed by atoms with Gasteiger partial charge in [-0.15, -0.1) is 0 Å². The first-order valence-corrected chi connectivity index (χ1v) is 7.24. The van der Waals surface area contributed by atoms with Crippen molar-refractivity contribution in [1.29, 1.82) is 0 Å². The molecule has 0 saturated heterocycles. The molecule has 3 aromatic rings. The molecule has 2 N–H and O–H groups in total. The van der Waals surface area contributed by atoms with Crippen molar-refractivity contribution in [2.24, 2.45) is 0 Å². The number of benzene rings is 2. The SMILES string of the molecule is O=C(O)c1nc(Nc2cccc(I)c2)c2ccccc2n1. The summed E-state index contributed by atoms with van der Waals surface area (Å²) >= 11 is 2.22. The van der Waals surface area contributed by atoms with E-state index in [1.807, 2.05) is 42.5 Å². The van der Waals surface area contributed by atoms with Crippen molar-refractivity contribution < 1.29 is 9.90 Å². The van der Waals surface area contributed by atoms with Gasteiger partial charge in [0.2, 0.25) is 5.82 Å². The highest BCUT2D eigenvalue weighted by Crippen LogP contribution is 2.24. The zero-order valence-corrected chi connectivity index (χ0v) is 12.9. The van der Waals surface area contributed by atoms with E-state index >= 15 is 0 Å². The van der Waals surface area contributed by atoms with Gasteiger partial charge in [0.05, 0.1) is 5.52 Å². The van der Waals surface area contributed by atoms with Crippen molar-refractivity contribution in [3.63, 3.8) is 0 Å². The summed E-state index contributed by atoms with van der Waals surface area (Å²) < 4.78 is 1.08. The molecule has 0 fully saturated rings. The number of nitrogens with one attached hydrogen (secondary N) is 1. The van der Waals surface area contributed by atoms with E-state index in [1.165, 1.54) is 0 Å². The van der Waals surface area contributed by atoms with Gasteiger partial charge in [0.15, 0.2) is 0 Å². The molecule has 0 radical (unpaired) electrons. The number of para-hydroxylation sites is 1. The van der Waals surface area contributed by atoms with Crippen molar-refractivity contribution in [3.05, 3.63) is 57.9 Å². The molecule has 0 aliphatic carbocycles. The third kappa shape index (κ3) is 2.94. The first-order valence-electron chi connectivity index (χ1n) is 6.16. The fourth-order valence-corrected chi connectivity index (χ4v) is 2.51. The maximum absolute atomic E-state index is 11.1. The molecule has 3 rings (SSSR count). The highest BCUT2D eigenvalue weighted by molar-refractivity contribution is 14.1. The lowest BCUT2D eigenvalue weighted by atomic mass is 10.2. The molecule has 5 nitrogen and oxygen atoms in total. The van der Waals surface area contributed by atoms with Gasteiger partial charge < -0.3 is 10.4 Å². The topological polar surface area (TPSA) is 75.1 Å². The van der Waals surface area contributed by atoms with Crippen LogP contribution in [0.5, 0.6) is 0 Å².